The summed E-state index contributed by atoms with van der Waals surface area (Å²) in [5, 5.41) is 3.40. The van der Waals surface area contributed by atoms with E-state index in [0.29, 0.717) is 0 Å². The minimum Gasteiger partial charge on any atom is -0.381 e. The van der Waals surface area contributed by atoms with Crippen LogP contribution >= 0.6 is 0 Å². The van der Waals surface area contributed by atoms with Gasteiger partial charge in [0.1, 0.15) is 0 Å². The summed E-state index contributed by atoms with van der Waals surface area (Å²) in [6, 6.07) is 8.36. The zero-order chi connectivity index (χ0) is 10.4. The molecule has 0 radical (unpaired) electrons. The maximum Gasteiger partial charge on any atom is 0.0372 e. The maximum absolute atomic E-state index is 3.40. The van der Waals surface area contributed by atoms with Crippen molar-refractivity contribution < 1.29 is 0 Å². The summed E-state index contributed by atoms with van der Waals surface area (Å²) < 4.78 is 0. The van der Waals surface area contributed by atoms with Crippen LogP contribution in [0.1, 0.15) is 25.8 Å². The van der Waals surface area contributed by atoms with Crippen LogP contribution in [0, 0.1) is 6.92 Å². The van der Waals surface area contributed by atoms with Gasteiger partial charge in [0.05, 0.1) is 0 Å². The largest absolute Gasteiger partial charge is 0.381 e. The average Bonchev–Trinajstić information content (AvgIpc) is 2.20. The number of rotatable bonds is 4. The molecule has 1 heteroatoms. The fourth-order valence-electron chi connectivity index (χ4n) is 1.25. The lowest BCUT2D eigenvalue weighted by molar-refractivity contribution is 1.08. The molecule has 0 spiro atoms. The van der Waals surface area contributed by atoms with Crippen LogP contribution < -0.4 is 5.32 Å². The first-order valence-electron chi connectivity index (χ1n) is 5.19. The summed E-state index contributed by atoms with van der Waals surface area (Å²) in [4.78, 5) is 0. The van der Waals surface area contributed by atoms with Crippen molar-refractivity contribution in [1.82, 2.24) is 0 Å². The van der Waals surface area contributed by atoms with Gasteiger partial charge in [-0.3, -0.25) is 0 Å². The molecule has 1 nitrogen and oxygen atoms in total. The summed E-state index contributed by atoms with van der Waals surface area (Å²) in [6.07, 6.45) is 3.38. The molecule has 0 atom stereocenters. The van der Waals surface area contributed by atoms with Crippen LogP contribution in [0.3, 0.4) is 0 Å². The van der Waals surface area contributed by atoms with E-state index in [2.05, 4.69) is 56.4 Å². The van der Waals surface area contributed by atoms with Crippen molar-refractivity contribution in [2.24, 2.45) is 0 Å². The second-order valence-corrected chi connectivity index (χ2v) is 3.60. The summed E-state index contributed by atoms with van der Waals surface area (Å²) in [6.45, 7) is 7.39. The predicted octanol–water partition coefficient (Wildman–Crippen LogP) is 3.76. The van der Waals surface area contributed by atoms with Crippen molar-refractivity contribution in [1.29, 1.82) is 0 Å². The van der Waals surface area contributed by atoms with E-state index in [0.717, 1.165) is 13.0 Å². The van der Waals surface area contributed by atoms with Crippen molar-refractivity contribution in [2.45, 2.75) is 27.2 Å². The molecule has 1 aromatic carbocycles. The van der Waals surface area contributed by atoms with Gasteiger partial charge in [0.25, 0.3) is 0 Å². The summed E-state index contributed by atoms with van der Waals surface area (Å²) in [7, 11) is 0. The van der Waals surface area contributed by atoms with E-state index >= 15 is 0 Å². The van der Waals surface area contributed by atoms with Gasteiger partial charge in [-0.1, -0.05) is 36.8 Å². The van der Waals surface area contributed by atoms with Gasteiger partial charge in [0.15, 0.2) is 0 Å². The number of nitrogens with one attached hydrogen (secondary N) is 1. The molecule has 0 aliphatic rings. The number of aryl methyl sites for hydroxylation is 1. The SMILES string of the molecule is CC/C(C)=C/CNc1ccccc1C. The number of para-hydroxylation sites is 1. The molecule has 0 bridgehead atoms. The van der Waals surface area contributed by atoms with E-state index in [1.807, 2.05) is 0 Å². The lowest BCUT2D eigenvalue weighted by atomic mass is 10.2. The van der Waals surface area contributed by atoms with Crippen molar-refractivity contribution in [2.75, 3.05) is 11.9 Å². The Morgan fingerprint density at radius 1 is 1.36 bits per heavy atom. The first kappa shape index (κ1) is 10.8. The fraction of sp³-hybridized carbons (Fsp3) is 0.385. The molecule has 0 amide bonds. The lowest BCUT2D eigenvalue weighted by Crippen LogP contribution is -2.00. The van der Waals surface area contributed by atoms with Crippen molar-refractivity contribution in [3.05, 3.63) is 41.5 Å². The number of hydrogen-bond acceptors (Lipinski definition) is 1. The molecule has 0 aliphatic heterocycles. The highest BCUT2D eigenvalue weighted by molar-refractivity contribution is 5.50. The van der Waals surface area contributed by atoms with Gasteiger partial charge >= 0.3 is 0 Å². The molecule has 1 N–H and O–H groups in total. The van der Waals surface area contributed by atoms with Crippen LogP contribution in [0.2, 0.25) is 0 Å². The van der Waals surface area contributed by atoms with Crippen molar-refractivity contribution in [3.63, 3.8) is 0 Å². The highest BCUT2D eigenvalue weighted by Crippen LogP contribution is 2.12. The highest BCUT2D eigenvalue weighted by Gasteiger charge is 1.93. The highest BCUT2D eigenvalue weighted by atomic mass is 14.9. The zero-order valence-corrected chi connectivity index (χ0v) is 9.30. The molecular weight excluding hydrogens is 170 g/mol. The van der Waals surface area contributed by atoms with Gasteiger partial charge in [-0.2, -0.15) is 0 Å². The van der Waals surface area contributed by atoms with E-state index in [-0.39, 0.29) is 0 Å². The Morgan fingerprint density at radius 2 is 2.07 bits per heavy atom. The normalized spacial score (nSPS) is 11.5. The fourth-order valence-corrected chi connectivity index (χ4v) is 1.25. The Kier molecular flexibility index (Phi) is 4.24. The molecule has 0 aliphatic carbocycles. The van der Waals surface area contributed by atoms with Crippen LogP contribution in [0.4, 0.5) is 5.69 Å². The van der Waals surface area contributed by atoms with Gasteiger partial charge < -0.3 is 5.32 Å². The quantitative estimate of drug-likeness (QED) is 0.711. The number of hydrogen-bond donors (Lipinski definition) is 1. The lowest BCUT2D eigenvalue weighted by Gasteiger charge is -2.07. The molecule has 76 valence electrons. The summed E-state index contributed by atoms with van der Waals surface area (Å²) in [5.41, 5.74) is 3.97. The van der Waals surface area contributed by atoms with E-state index < -0.39 is 0 Å². The van der Waals surface area contributed by atoms with E-state index in [9.17, 15) is 0 Å². The van der Waals surface area contributed by atoms with Crippen LogP contribution in [0.5, 0.6) is 0 Å². The molecule has 0 unspecified atom stereocenters. The van der Waals surface area contributed by atoms with Crippen LogP contribution in [0.25, 0.3) is 0 Å². The Morgan fingerprint density at radius 3 is 2.71 bits per heavy atom. The van der Waals surface area contributed by atoms with Crippen molar-refractivity contribution >= 4 is 5.69 Å². The van der Waals surface area contributed by atoms with Crippen LogP contribution in [-0.2, 0) is 0 Å². The summed E-state index contributed by atoms with van der Waals surface area (Å²) in [5.74, 6) is 0. The second kappa shape index (κ2) is 5.48. The summed E-state index contributed by atoms with van der Waals surface area (Å²) >= 11 is 0. The van der Waals surface area contributed by atoms with Crippen LogP contribution in [0.15, 0.2) is 35.9 Å². The van der Waals surface area contributed by atoms with E-state index in [4.69, 9.17) is 0 Å². The first-order valence-corrected chi connectivity index (χ1v) is 5.19. The molecule has 1 aromatic rings. The molecule has 0 aromatic heterocycles. The minimum atomic E-state index is 0.921. The van der Waals surface area contributed by atoms with E-state index in [1.54, 1.807) is 0 Å². The predicted molar refractivity (Wildman–Crippen MR) is 63.7 cm³/mol. The third kappa shape index (κ3) is 3.25. The number of benzene rings is 1. The molecule has 0 fully saturated rings. The first-order chi connectivity index (χ1) is 6.74. The molecule has 0 saturated carbocycles. The Labute approximate surface area is 86.8 Å². The van der Waals surface area contributed by atoms with Gasteiger partial charge in [-0.15, -0.1) is 0 Å². The zero-order valence-electron chi connectivity index (χ0n) is 9.30. The van der Waals surface area contributed by atoms with Gasteiger partial charge in [0, 0.05) is 12.2 Å². The Hall–Kier alpha value is -1.24. The van der Waals surface area contributed by atoms with Crippen molar-refractivity contribution in [3.8, 4) is 0 Å². The monoisotopic (exact) mass is 189 g/mol. The van der Waals surface area contributed by atoms with Crippen LogP contribution in [-0.4, -0.2) is 6.54 Å². The molecule has 0 saturated heterocycles. The molecule has 0 heterocycles. The molecular formula is C13H19N. The van der Waals surface area contributed by atoms with Gasteiger partial charge in [0.2, 0.25) is 0 Å². The third-order valence-electron chi connectivity index (χ3n) is 2.45. The maximum atomic E-state index is 3.40. The standard InChI is InChI=1S/C13H19N/c1-4-11(2)9-10-14-13-8-6-5-7-12(13)3/h5-9,14H,4,10H2,1-3H3/b11-9+. The van der Waals surface area contributed by atoms with E-state index in [1.165, 1.54) is 16.8 Å². The molecule has 14 heavy (non-hydrogen) atoms. The smallest absolute Gasteiger partial charge is 0.0372 e. The minimum absolute atomic E-state index is 0.921. The number of anilines is 1. The Bertz CT molecular complexity index is 313. The average molecular weight is 189 g/mol. The van der Waals surface area contributed by atoms with Gasteiger partial charge in [-0.05, 0) is 31.9 Å². The number of allylic oxidation sites excluding steroid dienone is 1. The third-order valence-corrected chi connectivity index (χ3v) is 2.45. The second-order valence-electron chi connectivity index (χ2n) is 3.60. The Balaban J connectivity index is 2.50. The molecule has 1 rings (SSSR count). The topological polar surface area (TPSA) is 12.0 Å². The van der Waals surface area contributed by atoms with Gasteiger partial charge in [-0.25, -0.2) is 0 Å².